The van der Waals surface area contributed by atoms with E-state index in [1.165, 1.54) is 11.3 Å². The first-order valence-corrected chi connectivity index (χ1v) is 7.79. The number of hydrogen-bond donors (Lipinski definition) is 1. The van der Waals surface area contributed by atoms with Crippen LogP contribution in [0.4, 0.5) is 0 Å². The highest BCUT2D eigenvalue weighted by Gasteiger charge is 2.21. The van der Waals surface area contributed by atoms with E-state index in [0.717, 1.165) is 37.3 Å². The Labute approximate surface area is 126 Å². The molecule has 2 heterocycles. The van der Waals surface area contributed by atoms with Crippen LogP contribution in [0.15, 0.2) is 18.3 Å². The van der Waals surface area contributed by atoms with E-state index in [9.17, 15) is 0 Å². The second kappa shape index (κ2) is 7.31. The Kier molecular flexibility index (Phi) is 5.44. The summed E-state index contributed by atoms with van der Waals surface area (Å²) in [5.74, 6) is 0. The lowest BCUT2D eigenvalue weighted by Gasteiger charge is -2.22. The third kappa shape index (κ3) is 3.47. The van der Waals surface area contributed by atoms with Crippen LogP contribution in [0.2, 0.25) is 0 Å². The van der Waals surface area contributed by atoms with E-state index in [-0.39, 0.29) is 6.04 Å². The van der Waals surface area contributed by atoms with Crippen molar-refractivity contribution >= 4 is 0 Å². The Balaban J connectivity index is 2.47. The molecule has 0 spiro atoms. The Hall–Kier alpha value is -1.75. The van der Waals surface area contributed by atoms with Gasteiger partial charge in [0, 0.05) is 18.3 Å². The van der Waals surface area contributed by atoms with Crippen LogP contribution in [0, 0.1) is 6.92 Å². The van der Waals surface area contributed by atoms with Crippen LogP contribution >= 0.6 is 0 Å². The molecular formula is C16H25N5. The summed E-state index contributed by atoms with van der Waals surface area (Å²) in [5, 5.41) is 16.6. The average Bonchev–Trinajstić information content (AvgIpc) is 2.93. The van der Waals surface area contributed by atoms with Crippen molar-refractivity contribution in [3.63, 3.8) is 0 Å². The normalized spacial score (nSPS) is 12.6. The number of nitrogens with one attached hydrogen (secondary N) is 1. The molecule has 114 valence electrons. The maximum absolute atomic E-state index is 4.45. The Morgan fingerprint density at radius 3 is 2.71 bits per heavy atom. The summed E-state index contributed by atoms with van der Waals surface area (Å²) in [4.78, 5) is 0. The van der Waals surface area contributed by atoms with Crippen LogP contribution in [0.25, 0.3) is 0 Å². The molecule has 0 radical (unpaired) electrons. The highest BCUT2D eigenvalue weighted by Crippen LogP contribution is 2.25. The van der Waals surface area contributed by atoms with E-state index < -0.39 is 0 Å². The van der Waals surface area contributed by atoms with Crippen molar-refractivity contribution in [1.29, 1.82) is 0 Å². The second-order valence-electron chi connectivity index (χ2n) is 5.21. The molecule has 5 nitrogen and oxygen atoms in total. The van der Waals surface area contributed by atoms with E-state index in [1.54, 1.807) is 0 Å². The van der Waals surface area contributed by atoms with Crippen molar-refractivity contribution in [2.75, 3.05) is 6.54 Å². The predicted molar refractivity (Wildman–Crippen MR) is 84.2 cm³/mol. The maximum Gasteiger partial charge on any atom is 0.0767 e. The number of rotatable bonds is 7. The Morgan fingerprint density at radius 1 is 1.24 bits per heavy atom. The summed E-state index contributed by atoms with van der Waals surface area (Å²) in [6, 6.07) is 4.36. The molecule has 0 amide bonds. The van der Waals surface area contributed by atoms with Gasteiger partial charge >= 0.3 is 0 Å². The summed E-state index contributed by atoms with van der Waals surface area (Å²) < 4.78 is 2.09. The van der Waals surface area contributed by atoms with Crippen molar-refractivity contribution < 1.29 is 0 Å². The minimum absolute atomic E-state index is 0.119. The minimum Gasteiger partial charge on any atom is -0.305 e. The van der Waals surface area contributed by atoms with Gasteiger partial charge in [-0.1, -0.05) is 20.8 Å². The summed E-state index contributed by atoms with van der Waals surface area (Å²) in [6.07, 6.45) is 3.83. The summed E-state index contributed by atoms with van der Waals surface area (Å²) in [7, 11) is 0. The molecule has 1 atom stereocenters. The average molecular weight is 287 g/mol. The smallest absolute Gasteiger partial charge is 0.0767 e. The number of hydrogen-bond acceptors (Lipinski definition) is 4. The van der Waals surface area contributed by atoms with Crippen molar-refractivity contribution in [1.82, 2.24) is 25.3 Å². The Bertz CT molecular complexity index is 576. The quantitative estimate of drug-likeness (QED) is 0.850. The molecule has 0 aliphatic heterocycles. The van der Waals surface area contributed by atoms with Crippen molar-refractivity contribution in [2.24, 2.45) is 0 Å². The van der Waals surface area contributed by atoms with Gasteiger partial charge in [0.25, 0.3) is 0 Å². The second-order valence-corrected chi connectivity index (χ2v) is 5.21. The van der Waals surface area contributed by atoms with E-state index in [1.807, 2.05) is 13.1 Å². The Morgan fingerprint density at radius 2 is 2.05 bits per heavy atom. The third-order valence-electron chi connectivity index (χ3n) is 3.56. The zero-order valence-corrected chi connectivity index (χ0v) is 13.4. The molecule has 0 aliphatic carbocycles. The van der Waals surface area contributed by atoms with E-state index in [4.69, 9.17) is 0 Å². The van der Waals surface area contributed by atoms with Gasteiger partial charge in [-0.05, 0) is 38.4 Å². The number of aryl methyl sites for hydroxylation is 3. The van der Waals surface area contributed by atoms with Crippen molar-refractivity contribution in [2.45, 2.75) is 53.1 Å². The fourth-order valence-corrected chi connectivity index (χ4v) is 2.62. The van der Waals surface area contributed by atoms with Crippen LogP contribution in [-0.4, -0.2) is 26.5 Å². The predicted octanol–water partition coefficient (Wildman–Crippen LogP) is 2.65. The van der Waals surface area contributed by atoms with Crippen molar-refractivity contribution in [3.8, 4) is 0 Å². The van der Waals surface area contributed by atoms with Gasteiger partial charge in [0.15, 0.2) is 0 Å². The van der Waals surface area contributed by atoms with Crippen LogP contribution in [0.1, 0.15) is 55.9 Å². The van der Waals surface area contributed by atoms with Crippen LogP contribution in [0.3, 0.4) is 0 Å². The number of aromatic nitrogens is 4. The molecule has 0 aromatic carbocycles. The molecule has 0 bridgehead atoms. The molecule has 1 unspecified atom stereocenters. The largest absolute Gasteiger partial charge is 0.305 e. The van der Waals surface area contributed by atoms with E-state index in [0.29, 0.717) is 0 Å². The van der Waals surface area contributed by atoms with Gasteiger partial charge in [0.05, 0.1) is 23.1 Å². The molecule has 2 aromatic rings. The van der Waals surface area contributed by atoms with Gasteiger partial charge in [-0.2, -0.15) is 15.3 Å². The molecule has 0 fully saturated rings. The van der Waals surface area contributed by atoms with Crippen molar-refractivity contribution in [3.05, 3.63) is 41.0 Å². The molecule has 2 rings (SSSR count). The highest BCUT2D eigenvalue weighted by atomic mass is 15.3. The maximum atomic E-state index is 4.45. The summed E-state index contributed by atoms with van der Waals surface area (Å²) >= 11 is 0. The topological polar surface area (TPSA) is 55.6 Å². The molecular weight excluding hydrogens is 262 g/mol. The first kappa shape index (κ1) is 15.6. The molecule has 21 heavy (non-hydrogen) atoms. The summed E-state index contributed by atoms with van der Waals surface area (Å²) in [5.41, 5.74) is 4.41. The first-order chi connectivity index (χ1) is 10.2. The lowest BCUT2D eigenvalue weighted by atomic mass is 10.00. The molecule has 0 saturated carbocycles. The molecule has 5 heteroatoms. The van der Waals surface area contributed by atoms with Gasteiger partial charge in [-0.3, -0.25) is 4.68 Å². The monoisotopic (exact) mass is 287 g/mol. The van der Waals surface area contributed by atoms with Gasteiger partial charge in [0.2, 0.25) is 0 Å². The fourth-order valence-electron chi connectivity index (χ4n) is 2.62. The van der Waals surface area contributed by atoms with Crippen LogP contribution < -0.4 is 5.32 Å². The van der Waals surface area contributed by atoms with Gasteiger partial charge in [-0.15, -0.1) is 0 Å². The summed E-state index contributed by atoms with van der Waals surface area (Å²) in [6.45, 7) is 10.2. The molecule has 0 aliphatic rings. The lowest BCUT2D eigenvalue weighted by Crippen LogP contribution is -2.26. The standard InChI is InChI=1S/C16H25N5/c1-5-10-21-15(8-9-18-21)16(17-7-3)13-11-12(4)19-20-14(13)6-2/h8-9,11,16-17H,5-7,10H2,1-4H3. The molecule has 2 aromatic heterocycles. The fraction of sp³-hybridized carbons (Fsp3) is 0.562. The SMILES string of the molecule is CCCn1nccc1C(NCC)c1cc(C)nnc1CC. The lowest BCUT2D eigenvalue weighted by molar-refractivity contribution is 0.516. The molecule has 1 N–H and O–H groups in total. The van der Waals surface area contributed by atoms with E-state index in [2.05, 4.69) is 58.2 Å². The first-order valence-electron chi connectivity index (χ1n) is 7.79. The van der Waals surface area contributed by atoms with Gasteiger partial charge < -0.3 is 5.32 Å². The van der Waals surface area contributed by atoms with E-state index >= 15 is 0 Å². The van der Waals surface area contributed by atoms with Crippen LogP contribution in [0.5, 0.6) is 0 Å². The number of nitrogens with zero attached hydrogens (tertiary/aromatic N) is 4. The van der Waals surface area contributed by atoms with Gasteiger partial charge in [-0.25, -0.2) is 0 Å². The zero-order chi connectivity index (χ0) is 15.2. The zero-order valence-electron chi connectivity index (χ0n) is 13.4. The van der Waals surface area contributed by atoms with Crippen LogP contribution in [-0.2, 0) is 13.0 Å². The third-order valence-corrected chi connectivity index (χ3v) is 3.56. The van der Waals surface area contributed by atoms with Gasteiger partial charge in [0.1, 0.15) is 0 Å². The highest BCUT2D eigenvalue weighted by molar-refractivity contribution is 5.31. The minimum atomic E-state index is 0.119. The molecule has 0 saturated heterocycles.